The van der Waals surface area contributed by atoms with Crippen molar-refractivity contribution in [1.29, 1.82) is 0 Å². The fourth-order valence-electron chi connectivity index (χ4n) is 5.60. The average molecular weight is 479 g/mol. The summed E-state index contributed by atoms with van der Waals surface area (Å²) >= 11 is 0. The Labute approximate surface area is 208 Å². The predicted octanol–water partition coefficient (Wildman–Crippen LogP) is 4.41. The molecule has 0 spiro atoms. The molecule has 2 atom stereocenters. The van der Waals surface area contributed by atoms with Crippen LogP contribution in [-0.2, 0) is 20.9 Å². The minimum atomic E-state index is -0.529. The van der Waals surface area contributed by atoms with Crippen molar-refractivity contribution < 1.29 is 14.4 Å². The van der Waals surface area contributed by atoms with Crippen LogP contribution < -0.4 is 10.2 Å². The van der Waals surface area contributed by atoms with Gasteiger partial charge in [-0.05, 0) is 41.5 Å². The van der Waals surface area contributed by atoms with Gasteiger partial charge in [0.1, 0.15) is 0 Å². The van der Waals surface area contributed by atoms with Gasteiger partial charge in [-0.3, -0.25) is 19.3 Å². The van der Waals surface area contributed by atoms with Gasteiger partial charge in [0.05, 0.1) is 18.2 Å². The molecule has 180 valence electrons. The maximum atomic E-state index is 13.6. The average Bonchev–Trinajstić information content (AvgIpc) is 3.40. The number of rotatable bonds is 4. The fraction of sp³-hybridized carbons (Fsp3) is 0.207. The summed E-state index contributed by atoms with van der Waals surface area (Å²) in [6.07, 6.45) is 0.142. The summed E-state index contributed by atoms with van der Waals surface area (Å²) in [5, 5.41) is 3.91. The Hall–Kier alpha value is -4.23. The number of benzene rings is 3. The van der Waals surface area contributed by atoms with E-state index >= 15 is 0 Å². The van der Waals surface area contributed by atoms with Crippen LogP contribution >= 0.6 is 0 Å². The van der Waals surface area contributed by atoms with Gasteiger partial charge in [0.2, 0.25) is 11.8 Å². The molecule has 6 rings (SSSR count). The molecule has 0 aliphatic carbocycles. The van der Waals surface area contributed by atoms with Gasteiger partial charge >= 0.3 is 0 Å². The summed E-state index contributed by atoms with van der Waals surface area (Å²) in [6.45, 7) is 2.66. The van der Waals surface area contributed by atoms with Crippen molar-refractivity contribution in [3.8, 4) is 0 Å². The largest absolute Gasteiger partial charge is 0.357 e. The number of carbonyl (C=O) groups is 3. The fourth-order valence-corrected chi connectivity index (χ4v) is 5.60. The molecule has 0 radical (unpaired) electrons. The quantitative estimate of drug-likeness (QED) is 0.426. The number of anilines is 2. The molecule has 1 saturated heterocycles. The lowest BCUT2D eigenvalue weighted by molar-refractivity contribution is -0.123. The molecule has 3 amide bonds. The zero-order valence-corrected chi connectivity index (χ0v) is 19.9. The van der Waals surface area contributed by atoms with E-state index < -0.39 is 6.04 Å². The van der Waals surface area contributed by atoms with E-state index in [0.717, 1.165) is 11.2 Å². The highest BCUT2D eigenvalue weighted by Gasteiger charge is 2.45. The first-order chi connectivity index (χ1) is 17.5. The van der Waals surface area contributed by atoms with E-state index in [1.54, 1.807) is 24.3 Å². The SMILES string of the molecule is CC(=O)Nc1ccc(N2C(=O)C[C@H](N3Cc4[nH]c5ccccc5c4[C@@H](c4ccccc4)C3)C2=O)cc1. The van der Waals surface area contributed by atoms with Crippen molar-refractivity contribution in [3.63, 3.8) is 0 Å². The zero-order chi connectivity index (χ0) is 24.8. The maximum absolute atomic E-state index is 13.6. The van der Waals surface area contributed by atoms with Crippen LogP contribution in [0.1, 0.15) is 36.1 Å². The molecule has 3 aromatic carbocycles. The molecule has 7 nitrogen and oxygen atoms in total. The number of fused-ring (bicyclic) bond motifs is 3. The predicted molar refractivity (Wildman–Crippen MR) is 139 cm³/mol. The van der Waals surface area contributed by atoms with Crippen LogP contribution in [-0.4, -0.2) is 40.2 Å². The van der Waals surface area contributed by atoms with Gasteiger partial charge in [0, 0.05) is 48.2 Å². The third-order valence-electron chi connectivity index (χ3n) is 7.17. The van der Waals surface area contributed by atoms with Gasteiger partial charge in [-0.1, -0.05) is 48.5 Å². The van der Waals surface area contributed by atoms with Crippen LogP contribution in [0.3, 0.4) is 0 Å². The van der Waals surface area contributed by atoms with E-state index in [0.29, 0.717) is 24.5 Å². The van der Waals surface area contributed by atoms with Crippen LogP contribution in [0.5, 0.6) is 0 Å². The van der Waals surface area contributed by atoms with E-state index in [1.807, 2.05) is 24.3 Å². The third kappa shape index (κ3) is 3.78. The summed E-state index contributed by atoms with van der Waals surface area (Å²) in [4.78, 5) is 44.9. The number of aromatic nitrogens is 1. The van der Waals surface area contributed by atoms with Crippen molar-refractivity contribution in [3.05, 3.63) is 95.7 Å². The number of hydrogen-bond acceptors (Lipinski definition) is 4. The monoisotopic (exact) mass is 478 g/mol. The Bertz CT molecular complexity index is 1480. The van der Waals surface area contributed by atoms with E-state index in [2.05, 4.69) is 45.5 Å². The first kappa shape index (κ1) is 22.2. The first-order valence-electron chi connectivity index (χ1n) is 12.1. The standard InChI is InChI=1S/C29H26N4O3/c1-18(34)30-20-11-13-21(14-12-20)33-27(35)15-26(29(33)36)32-16-23(19-7-3-2-4-8-19)28-22-9-5-6-10-24(22)31-25(28)17-32/h2-14,23,26,31H,15-17H2,1H3,(H,30,34)/t23-,26+/m1/s1. The smallest absolute Gasteiger partial charge is 0.251 e. The molecule has 3 heterocycles. The van der Waals surface area contributed by atoms with E-state index in [-0.39, 0.29) is 30.1 Å². The Morgan fingerprint density at radius 3 is 2.42 bits per heavy atom. The summed E-state index contributed by atoms with van der Waals surface area (Å²) in [5.74, 6) is -0.514. The molecule has 2 aliphatic rings. The lowest BCUT2D eigenvalue weighted by atomic mass is 9.85. The summed E-state index contributed by atoms with van der Waals surface area (Å²) in [6, 6.07) is 24.9. The highest BCUT2D eigenvalue weighted by molar-refractivity contribution is 6.22. The number of imide groups is 1. The molecule has 0 bridgehead atoms. The highest BCUT2D eigenvalue weighted by atomic mass is 16.2. The second-order valence-electron chi connectivity index (χ2n) is 9.47. The Kier molecular flexibility index (Phi) is 5.42. The molecule has 2 N–H and O–H groups in total. The van der Waals surface area contributed by atoms with Crippen LogP contribution in [0, 0.1) is 0 Å². The van der Waals surface area contributed by atoms with Crippen molar-refractivity contribution in [2.24, 2.45) is 0 Å². The molecule has 36 heavy (non-hydrogen) atoms. The van der Waals surface area contributed by atoms with Crippen molar-refractivity contribution >= 4 is 40.0 Å². The molecule has 2 aliphatic heterocycles. The van der Waals surface area contributed by atoms with Crippen molar-refractivity contribution in [1.82, 2.24) is 9.88 Å². The lowest BCUT2D eigenvalue weighted by Crippen LogP contribution is -2.45. The van der Waals surface area contributed by atoms with E-state index in [9.17, 15) is 14.4 Å². The molecule has 0 saturated carbocycles. The van der Waals surface area contributed by atoms with Gasteiger partial charge in [-0.2, -0.15) is 0 Å². The maximum Gasteiger partial charge on any atom is 0.251 e. The Morgan fingerprint density at radius 2 is 1.67 bits per heavy atom. The highest BCUT2D eigenvalue weighted by Crippen LogP contribution is 2.40. The molecule has 7 heteroatoms. The van der Waals surface area contributed by atoms with Crippen molar-refractivity contribution in [2.45, 2.75) is 31.8 Å². The van der Waals surface area contributed by atoms with Crippen LogP contribution in [0.2, 0.25) is 0 Å². The molecular weight excluding hydrogens is 452 g/mol. The number of amides is 3. The number of carbonyl (C=O) groups excluding carboxylic acids is 3. The number of para-hydroxylation sites is 1. The molecular formula is C29H26N4O3. The van der Waals surface area contributed by atoms with Gasteiger partial charge in [-0.25, -0.2) is 4.90 Å². The number of nitrogens with one attached hydrogen (secondary N) is 2. The summed E-state index contributed by atoms with van der Waals surface area (Å²) < 4.78 is 0. The molecule has 4 aromatic rings. The number of hydrogen-bond donors (Lipinski definition) is 2. The number of H-pyrrole nitrogens is 1. The lowest BCUT2D eigenvalue weighted by Gasteiger charge is -2.36. The topological polar surface area (TPSA) is 85.5 Å². The molecule has 1 aromatic heterocycles. The number of aromatic amines is 1. The van der Waals surface area contributed by atoms with Crippen LogP contribution in [0.4, 0.5) is 11.4 Å². The summed E-state index contributed by atoms with van der Waals surface area (Å²) in [5.41, 5.74) is 5.78. The minimum absolute atomic E-state index is 0.0833. The van der Waals surface area contributed by atoms with Gasteiger partial charge < -0.3 is 10.3 Å². The molecule has 1 fully saturated rings. The van der Waals surface area contributed by atoms with Crippen molar-refractivity contribution in [2.75, 3.05) is 16.8 Å². The van der Waals surface area contributed by atoms with Crippen LogP contribution in [0.25, 0.3) is 10.9 Å². The number of nitrogens with zero attached hydrogens (tertiary/aromatic N) is 2. The second-order valence-corrected chi connectivity index (χ2v) is 9.47. The van der Waals surface area contributed by atoms with Gasteiger partial charge in [0.15, 0.2) is 0 Å². The second kappa shape index (κ2) is 8.77. The van der Waals surface area contributed by atoms with Gasteiger partial charge in [-0.15, -0.1) is 0 Å². The molecule has 0 unspecified atom stereocenters. The van der Waals surface area contributed by atoms with E-state index in [1.165, 1.54) is 28.3 Å². The normalized spacial score (nSPS) is 20.1. The zero-order valence-electron chi connectivity index (χ0n) is 19.9. The Morgan fingerprint density at radius 1 is 0.944 bits per heavy atom. The van der Waals surface area contributed by atoms with Gasteiger partial charge in [0.25, 0.3) is 5.91 Å². The first-order valence-corrected chi connectivity index (χ1v) is 12.1. The minimum Gasteiger partial charge on any atom is -0.357 e. The Balaban J connectivity index is 1.33. The van der Waals surface area contributed by atoms with E-state index in [4.69, 9.17) is 0 Å². The third-order valence-corrected chi connectivity index (χ3v) is 7.17. The van der Waals surface area contributed by atoms with Crippen LogP contribution in [0.15, 0.2) is 78.9 Å². The summed E-state index contributed by atoms with van der Waals surface area (Å²) in [7, 11) is 0.